The van der Waals surface area contributed by atoms with E-state index in [2.05, 4.69) is 5.92 Å². The molecule has 0 atom stereocenters. The van der Waals surface area contributed by atoms with Crippen LogP contribution in [0.15, 0.2) is 47.4 Å². The Labute approximate surface area is 149 Å². The summed E-state index contributed by atoms with van der Waals surface area (Å²) in [4.78, 5) is 14.6. The molecule has 0 saturated carbocycles. The minimum atomic E-state index is -3.39. The Morgan fingerprint density at radius 2 is 1.76 bits per heavy atom. The van der Waals surface area contributed by atoms with Crippen molar-refractivity contribution in [1.82, 2.24) is 4.90 Å². The molecule has 0 unspecified atom stereocenters. The lowest BCUT2D eigenvalue weighted by Gasteiger charge is -2.22. The summed E-state index contributed by atoms with van der Waals surface area (Å²) in [6.07, 6.45) is 6.54. The van der Waals surface area contributed by atoms with E-state index >= 15 is 0 Å². The van der Waals surface area contributed by atoms with Crippen LogP contribution in [0.4, 0.5) is 0 Å². The molecule has 0 heterocycles. The van der Waals surface area contributed by atoms with Gasteiger partial charge in [0.15, 0.2) is 9.84 Å². The first-order chi connectivity index (χ1) is 11.7. The summed E-state index contributed by atoms with van der Waals surface area (Å²) in [5.74, 6) is 2.22. The molecule has 0 bridgehead atoms. The Morgan fingerprint density at radius 3 is 2.32 bits per heavy atom. The fourth-order valence-corrected chi connectivity index (χ4v) is 3.10. The Hall–Kier alpha value is -2.58. The molecule has 4 nitrogen and oxygen atoms in total. The van der Waals surface area contributed by atoms with Gasteiger partial charge < -0.3 is 4.90 Å². The number of nitrogens with zero attached hydrogens (tertiary/aromatic N) is 1. The first-order valence-electron chi connectivity index (χ1n) is 7.81. The van der Waals surface area contributed by atoms with E-state index in [0.717, 1.165) is 17.4 Å². The Balaban J connectivity index is 2.37. The zero-order chi connectivity index (χ0) is 18.6. The predicted octanol–water partition coefficient (Wildman–Crippen LogP) is 2.98. The van der Waals surface area contributed by atoms with Crippen LogP contribution in [0.5, 0.6) is 0 Å². The molecular weight excluding hydrogens is 334 g/mol. The Bertz CT molecular complexity index is 922. The molecule has 0 N–H and O–H groups in total. The van der Waals surface area contributed by atoms with Crippen molar-refractivity contribution in [3.05, 3.63) is 64.7 Å². The normalized spacial score (nSPS) is 11.0. The van der Waals surface area contributed by atoms with E-state index in [1.165, 1.54) is 12.1 Å². The lowest BCUT2D eigenvalue weighted by Crippen LogP contribution is -2.31. The highest BCUT2D eigenvalue weighted by molar-refractivity contribution is 7.90. The lowest BCUT2D eigenvalue weighted by atomic mass is 10.1. The van der Waals surface area contributed by atoms with Gasteiger partial charge in [-0.2, -0.15) is 0 Å². The van der Waals surface area contributed by atoms with E-state index in [-0.39, 0.29) is 17.3 Å². The van der Waals surface area contributed by atoms with Gasteiger partial charge in [-0.15, -0.1) is 6.42 Å². The quantitative estimate of drug-likeness (QED) is 0.775. The molecule has 0 aliphatic heterocycles. The average Bonchev–Trinajstić information content (AvgIpc) is 2.55. The van der Waals surface area contributed by atoms with Crippen LogP contribution < -0.4 is 0 Å². The molecule has 0 aromatic heterocycles. The zero-order valence-electron chi connectivity index (χ0n) is 14.6. The molecule has 0 fully saturated rings. The van der Waals surface area contributed by atoms with Crippen LogP contribution in [0.3, 0.4) is 0 Å². The SMILES string of the molecule is C#CCN(Cc1ccc(C)cc1)C(=O)c1cc(S(C)(=O)=O)ccc1C. The number of amides is 1. The largest absolute Gasteiger partial charge is 0.323 e. The second-order valence-corrected chi connectivity index (χ2v) is 8.12. The van der Waals surface area contributed by atoms with Crippen LogP contribution >= 0.6 is 0 Å². The van der Waals surface area contributed by atoms with Crippen LogP contribution in [0.2, 0.25) is 0 Å². The van der Waals surface area contributed by atoms with E-state index in [0.29, 0.717) is 17.7 Å². The van der Waals surface area contributed by atoms with Crippen LogP contribution in [0, 0.1) is 26.2 Å². The number of hydrogen-bond donors (Lipinski definition) is 0. The summed E-state index contributed by atoms with van der Waals surface area (Å²) >= 11 is 0. The third kappa shape index (κ3) is 4.71. The molecule has 25 heavy (non-hydrogen) atoms. The van der Waals surface area contributed by atoms with E-state index in [4.69, 9.17) is 6.42 Å². The molecule has 2 rings (SSSR count). The van der Waals surface area contributed by atoms with Gasteiger partial charge in [-0.25, -0.2) is 8.42 Å². The standard InChI is InChI=1S/C20H21NO3S/c1-5-12-21(14-17-9-6-15(2)7-10-17)20(22)19-13-18(25(4,23)24)11-8-16(19)3/h1,6-11,13H,12,14H2,2-4H3. The minimum absolute atomic E-state index is 0.123. The van der Waals surface area contributed by atoms with Crippen molar-refractivity contribution in [3.8, 4) is 12.3 Å². The van der Waals surface area contributed by atoms with Crippen molar-refractivity contribution in [1.29, 1.82) is 0 Å². The van der Waals surface area contributed by atoms with E-state index in [1.807, 2.05) is 31.2 Å². The number of rotatable bonds is 5. The molecule has 0 spiro atoms. The zero-order valence-corrected chi connectivity index (χ0v) is 15.4. The van der Waals surface area contributed by atoms with Gasteiger partial charge >= 0.3 is 0 Å². The van der Waals surface area contributed by atoms with Crippen molar-refractivity contribution in [2.75, 3.05) is 12.8 Å². The average molecular weight is 355 g/mol. The van der Waals surface area contributed by atoms with Gasteiger partial charge in [-0.1, -0.05) is 41.8 Å². The summed E-state index contributed by atoms with van der Waals surface area (Å²) in [6.45, 7) is 4.29. The number of hydrogen-bond acceptors (Lipinski definition) is 3. The van der Waals surface area contributed by atoms with Gasteiger partial charge in [0.25, 0.3) is 5.91 Å². The molecule has 5 heteroatoms. The maximum Gasteiger partial charge on any atom is 0.255 e. The van der Waals surface area contributed by atoms with E-state index < -0.39 is 9.84 Å². The molecule has 130 valence electrons. The van der Waals surface area contributed by atoms with E-state index in [1.54, 1.807) is 17.9 Å². The summed E-state index contributed by atoms with van der Waals surface area (Å²) in [5, 5.41) is 0. The van der Waals surface area contributed by atoms with Crippen molar-refractivity contribution >= 4 is 15.7 Å². The first-order valence-corrected chi connectivity index (χ1v) is 9.70. The maximum absolute atomic E-state index is 12.9. The smallest absolute Gasteiger partial charge is 0.255 e. The first kappa shape index (κ1) is 18.8. The number of benzene rings is 2. The number of carbonyl (C=O) groups excluding carboxylic acids is 1. The molecular formula is C20H21NO3S. The highest BCUT2D eigenvalue weighted by atomic mass is 32.2. The monoisotopic (exact) mass is 355 g/mol. The minimum Gasteiger partial charge on any atom is -0.323 e. The molecule has 1 amide bonds. The second kappa shape index (κ2) is 7.54. The molecule has 0 radical (unpaired) electrons. The predicted molar refractivity (Wildman–Crippen MR) is 99.0 cm³/mol. The third-order valence-electron chi connectivity index (χ3n) is 3.93. The summed E-state index contributed by atoms with van der Waals surface area (Å²) in [6, 6.07) is 12.4. The number of sulfone groups is 1. The second-order valence-electron chi connectivity index (χ2n) is 6.10. The van der Waals surface area contributed by atoms with Crippen molar-refractivity contribution in [3.63, 3.8) is 0 Å². The number of carbonyl (C=O) groups is 1. The van der Waals surface area contributed by atoms with Gasteiger partial charge in [0, 0.05) is 18.4 Å². The topological polar surface area (TPSA) is 54.5 Å². The van der Waals surface area contributed by atoms with Gasteiger partial charge in [0.1, 0.15) is 0 Å². The fourth-order valence-electron chi connectivity index (χ4n) is 2.46. The fraction of sp³-hybridized carbons (Fsp3) is 0.250. The lowest BCUT2D eigenvalue weighted by molar-refractivity contribution is 0.0765. The summed E-state index contributed by atoms with van der Waals surface area (Å²) < 4.78 is 23.6. The number of terminal acetylenes is 1. The van der Waals surface area contributed by atoms with Crippen LogP contribution in [0.1, 0.15) is 27.0 Å². The van der Waals surface area contributed by atoms with Gasteiger partial charge in [-0.3, -0.25) is 4.79 Å². The molecule has 0 aliphatic carbocycles. The molecule has 2 aromatic carbocycles. The molecule has 0 aliphatic rings. The Kier molecular flexibility index (Phi) is 5.66. The summed E-state index contributed by atoms with van der Waals surface area (Å²) in [5.41, 5.74) is 3.16. The van der Waals surface area contributed by atoms with Gasteiger partial charge in [-0.05, 0) is 37.1 Å². The highest BCUT2D eigenvalue weighted by Gasteiger charge is 2.20. The Morgan fingerprint density at radius 1 is 1.12 bits per heavy atom. The van der Waals surface area contributed by atoms with Gasteiger partial charge in [0.2, 0.25) is 0 Å². The van der Waals surface area contributed by atoms with Crippen molar-refractivity contribution < 1.29 is 13.2 Å². The van der Waals surface area contributed by atoms with Crippen molar-refractivity contribution in [2.24, 2.45) is 0 Å². The molecule has 0 saturated heterocycles. The third-order valence-corrected chi connectivity index (χ3v) is 5.04. The van der Waals surface area contributed by atoms with Crippen LogP contribution in [-0.2, 0) is 16.4 Å². The van der Waals surface area contributed by atoms with E-state index in [9.17, 15) is 13.2 Å². The van der Waals surface area contributed by atoms with Crippen LogP contribution in [-0.4, -0.2) is 32.0 Å². The van der Waals surface area contributed by atoms with Crippen molar-refractivity contribution in [2.45, 2.75) is 25.3 Å². The number of aryl methyl sites for hydroxylation is 2. The maximum atomic E-state index is 12.9. The van der Waals surface area contributed by atoms with Gasteiger partial charge in [0.05, 0.1) is 11.4 Å². The highest BCUT2D eigenvalue weighted by Crippen LogP contribution is 2.19. The molecule has 2 aromatic rings. The van der Waals surface area contributed by atoms with Crippen LogP contribution in [0.25, 0.3) is 0 Å². The summed E-state index contributed by atoms with van der Waals surface area (Å²) in [7, 11) is -3.39.